The van der Waals surface area contributed by atoms with Crippen molar-refractivity contribution in [3.63, 3.8) is 0 Å². The summed E-state index contributed by atoms with van der Waals surface area (Å²) in [6.45, 7) is 18.2. The summed E-state index contributed by atoms with van der Waals surface area (Å²) < 4.78 is 77.3. The molecule has 0 amide bonds. The maximum absolute atomic E-state index is 12.6. The van der Waals surface area contributed by atoms with E-state index >= 15 is 0 Å². The molecule has 0 saturated carbocycles. The molecule has 184 valence electrons. The van der Waals surface area contributed by atoms with Gasteiger partial charge in [-0.15, -0.1) is 0 Å². The summed E-state index contributed by atoms with van der Waals surface area (Å²) >= 11 is 0. The van der Waals surface area contributed by atoms with E-state index in [0.29, 0.717) is 25.2 Å². The minimum Gasteiger partial charge on any atom is -0.485 e. The Morgan fingerprint density at radius 1 is 1.06 bits per heavy atom. The molecule has 0 aromatic heterocycles. The van der Waals surface area contributed by atoms with E-state index in [9.17, 15) is 21.6 Å². The van der Waals surface area contributed by atoms with Crippen molar-refractivity contribution in [1.29, 1.82) is 0 Å². The first kappa shape index (κ1) is 27.1. The summed E-state index contributed by atoms with van der Waals surface area (Å²) in [5.41, 5.74) is -1.62. The average molecular weight is 497 g/mol. The number of hydrogen-bond donors (Lipinski definition) is 0. The number of hydrogen-bond acceptors (Lipinski definition) is 5. The largest absolute Gasteiger partial charge is 0.523 e. The lowest BCUT2D eigenvalue weighted by Crippen LogP contribution is -2.43. The molecule has 0 saturated heterocycles. The summed E-state index contributed by atoms with van der Waals surface area (Å²) in [6.07, 6.45) is 0.876. The summed E-state index contributed by atoms with van der Waals surface area (Å²) in [4.78, 5) is 0. The number of halogens is 3. The van der Waals surface area contributed by atoms with Crippen molar-refractivity contribution >= 4 is 18.4 Å². The predicted molar refractivity (Wildman–Crippen MR) is 121 cm³/mol. The molecule has 1 heterocycles. The van der Waals surface area contributed by atoms with Crippen molar-refractivity contribution in [2.45, 2.75) is 97.2 Å². The van der Waals surface area contributed by atoms with Crippen molar-refractivity contribution < 1.29 is 34.9 Å². The fraction of sp³-hybridized carbons (Fsp3) is 0.727. The summed E-state index contributed by atoms with van der Waals surface area (Å²) in [6, 6.07) is 0. The zero-order chi connectivity index (χ0) is 24.9. The summed E-state index contributed by atoms with van der Waals surface area (Å²) in [5, 5.41) is 0.0831. The van der Waals surface area contributed by atoms with Gasteiger partial charge < -0.3 is 9.16 Å². The molecule has 32 heavy (non-hydrogen) atoms. The van der Waals surface area contributed by atoms with E-state index in [2.05, 4.69) is 38.0 Å². The van der Waals surface area contributed by atoms with Gasteiger partial charge in [0.1, 0.15) is 18.0 Å². The minimum atomic E-state index is -5.67. The van der Waals surface area contributed by atoms with Crippen LogP contribution in [0.2, 0.25) is 18.1 Å². The predicted octanol–water partition coefficient (Wildman–Crippen LogP) is 6.08. The molecule has 1 aliphatic heterocycles. The Morgan fingerprint density at radius 3 is 2.12 bits per heavy atom. The van der Waals surface area contributed by atoms with Gasteiger partial charge in [-0.25, -0.2) is 0 Å². The molecule has 0 spiro atoms. The molecule has 1 aliphatic rings. The zero-order valence-corrected chi connectivity index (χ0v) is 22.2. The monoisotopic (exact) mass is 496 g/mol. The Hall–Kier alpha value is -1.10. The first-order valence-electron chi connectivity index (χ1n) is 10.6. The fourth-order valence-corrected chi connectivity index (χ4v) is 4.92. The minimum absolute atomic E-state index is 0.0831. The molecule has 10 heteroatoms. The Morgan fingerprint density at radius 2 is 1.62 bits per heavy atom. The van der Waals surface area contributed by atoms with Crippen LogP contribution in [0.5, 0.6) is 5.75 Å². The third kappa shape index (κ3) is 5.34. The van der Waals surface area contributed by atoms with Crippen molar-refractivity contribution in [2.24, 2.45) is 0 Å². The van der Waals surface area contributed by atoms with Crippen LogP contribution in [0, 0.1) is 20.8 Å². The van der Waals surface area contributed by atoms with Crippen LogP contribution >= 0.6 is 0 Å². The molecule has 0 N–H and O–H groups in total. The van der Waals surface area contributed by atoms with Gasteiger partial charge >= 0.3 is 15.6 Å². The number of rotatable bonds is 6. The summed E-state index contributed by atoms with van der Waals surface area (Å²) in [7, 11) is -7.62. The highest BCUT2D eigenvalue weighted by atomic mass is 32.2. The first-order valence-corrected chi connectivity index (χ1v) is 14.9. The van der Waals surface area contributed by atoms with E-state index in [0.717, 1.165) is 27.8 Å². The second-order valence-electron chi connectivity index (χ2n) is 10.4. The Bertz CT molecular complexity index is 981. The second-order valence-corrected chi connectivity index (χ2v) is 16.8. The molecule has 0 bridgehead atoms. The first-order chi connectivity index (χ1) is 14.2. The van der Waals surface area contributed by atoms with Crippen LogP contribution in [0.1, 0.15) is 61.9 Å². The molecule has 0 aliphatic carbocycles. The fourth-order valence-electron chi connectivity index (χ4n) is 3.44. The van der Waals surface area contributed by atoms with E-state index in [1.165, 1.54) is 0 Å². The molecule has 0 fully saturated rings. The zero-order valence-electron chi connectivity index (χ0n) is 20.4. The lowest BCUT2D eigenvalue weighted by Gasteiger charge is -2.39. The van der Waals surface area contributed by atoms with Gasteiger partial charge in [0.25, 0.3) is 0 Å². The van der Waals surface area contributed by atoms with Crippen molar-refractivity contribution in [3.05, 3.63) is 27.8 Å². The SMILES string of the molecule is Cc1c(C)c2c(c(C)c1CO[Si](C)(C)C(C)(C)C)CC[C@@](C)(COS(=O)(=O)C(F)(F)F)O2. The number of fused-ring (bicyclic) bond motifs is 1. The van der Waals surface area contributed by atoms with Crippen molar-refractivity contribution in [3.8, 4) is 5.75 Å². The molecule has 1 aromatic rings. The lowest BCUT2D eigenvalue weighted by atomic mass is 9.85. The van der Waals surface area contributed by atoms with E-state index in [1.807, 2.05) is 20.8 Å². The third-order valence-electron chi connectivity index (χ3n) is 6.97. The number of ether oxygens (including phenoxy) is 1. The summed E-state index contributed by atoms with van der Waals surface area (Å²) in [5.74, 6) is 0.595. The standard InChI is InChI=1S/C22H35F3O5SSi/c1-14-15(2)19-17(16(3)18(14)12-29-32(8,9)20(4,5)6)10-11-21(7,30-19)13-28-31(26,27)22(23,24)25/h10-13H2,1-9H3/t21-/m0/s1. The molecule has 1 aromatic carbocycles. The second kappa shape index (κ2) is 8.59. The molecule has 2 rings (SSSR count). The van der Waals surface area contributed by atoms with E-state index in [4.69, 9.17) is 9.16 Å². The molecule has 1 atom stereocenters. The normalized spacial score (nSPS) is 20.1. The Kier molecular flexibility index (Phi) is 7.29. The van der Waals surface area contributed by atoms with Crippen LogP contribution < -0.4 is 4.74 Å². The van der Waals surface area contributed by atoms with Crippen molar-refractivity contribution in [1.82, 2.24) is 0 Å². The molecule has 5 nitrogen and oxygen atoms in total. The van der Waals surface area contributed by atoms with Crippen LogP contribution in [0.3, 0.4) is 0 Å². The van der Waals surface area contributed by atoms with Gasteiger partial charge in [0.15, 0.2) is 8.32 Å². The lowest BCUT2D eigenvalue weighted by molar-refractivity contribution is -0.0606. The highest BCUT2D eigenvalue weighted by Gasteiger charge is 2.49. The van der Waals surface area contributed by atoms with Gasteiger partial charge in [0, 0.05) is 0 Å². The van der Waals surface area contributed by atoms with E-state index in [1.54, 1.807) is 6.92 Å². The molecule has 0 radical (unpaired) electrons. The maximum atomic E-state index is 12.6. The van der Waals surface area contributed by atoms with Gasteiger partial charge in [-0.2, -0.15) is 21.6 Å². The Balaban J connectivity index is 2.31. The average Bonchev–Trinajstić information content (AvgIpc) is 2.63. The van der Waals surface area contributed by atoms with E-state index in [-0.39, 0.29) is 5.04 Å². The maximum Gasteiger partial charge on any atom is 0.523 e. The van der Waals surface area contributed by atoms with Crippen LogP contribution in [0.25, 0.3) is 0 Å². The number of benzene rings is 1. The smallest absolute Gasteiger partial charge is 0.485 e. The van der Waals surface area contributed by atoms with Crippen LogP contribution in [-0.4, -0.2) is 34.5 Å². The molecular formula is C22H35F3O5SSi. The van der Waals surface area contributed by atoms with Gasteiger partial charge in [0.2, 0.25) is 0 Å². The Labute approximate surface area is 190 Å². The molecular weight excluding hydrogens is 461 g/mol. The van der Waals surface area contributed by atoms with Crippen LogP contribution in [-0.2, 0) is 31.8 Å². The molecule has 0 unspecified atom stereocenters. The third-order valence-corrected chi connectivity index (χ3v) is 12.4. The highest BCUT2D eigenvalue weighted by molar-refractivity contribution is 7.87. The van der Waals surface area contributed by atoms with Crippen LogP contribution in [0.15, 0.2) is 0 Å². The van der Waals surface area contributed by atoms with Crippen molar-refractivity contribution in [2.75, 3.05) is 6.61 Å². The topological polar surface area (TPSA) is 61.8 Å². The highest BCUT2D eigenvalue weighted by Crippen LogP contribution is 2.43. The van der Waals surface area contributed by atoms with Gasteiger partial charge in [-0.1, -0.05) is 20.8 Å². The number of alkyl halides is 3. The van der Waals surface area contributed by atoms with E-state index < -0.39 is 36.2 Å². The quantitative estimate of drug-likeness (QED) is 0.271. The van der Waals surface area contributed by atoms with Gasteiger partial charge in [-0.3, -0.25) is 4.18 Å². The van der Waals surface area contributed by atoms with Gasteiger partial charge in [0.05, 0.1) is 6.61 Å². The van der Waals surface area contributed by atoms with Gasteiger partial charge in [-0.05, 0) is 86.5 Å². The van der Waals surface area contributed by atoms with Crippen LogP contribution in [0.4, 0.5) is 13.2 Å².